The number of thiocarbonyl (C=S) groups is 1. The first-order chi connectivity index (χ1) is 9.83. The van der Waals surface area contributed by atoms with Gasteiger partial charge < -0.3 is 10.6 Å². The summed E-state index contributed by atoms with van der Waals surface area (Å²) >= 11 is 7.19. The Labute approximate surface area is 127 Å². The second kappa shape index (κ2) is 4.72. The molecule has 1 aromatic heterocycles. The van der Waals surface area contributed by atoms with Crippen molar-refractivity contribution in [2.75, 3.05) is 0 Å². The molecule has 2 aliphatic rings. The Morgan fingerprint density at radius 1 is 1.10 bits per heavy atom. The lowest BCUT2D eigenvalue weighted by Gasteiger charge is -2.35. The van der Waals surface area contributed by atoms with E-state index in [9.17, 15) is 0 Å². The number of aryl methyl sites for hydroxylation is 1. The molecule has 4 rings (SSSR count). The third kappa shape index (κ3) is 1.87. The maximum absolute atomic E-state index is 5.40. The van der Waals surface area contributed by atoms with Crippen molar-refractivity contribution in [3.8, 4) is 0 Å². The van der Waals surface area contributed by atoms with Gasteiger partial charge in [0.05, 0.1) is 6.04 Å². The second-order valence-electron chi connectivity index (χ2n) is 5.10. The molecule has 20 heavy (non-hydrogen) atoms. The molecule has 0 radical (unpaired) electrons. The number of rotatable bonds is 1. The number of fused-ring (bicyclic) bond motifs is 2. The fourth-order valence-corrected chi connectivity index (χ4v) is 4.08. The van der Waals surface area contributed by atoms with E-state index in [2.05, 4.69) is 52.4 Å². The van der Waals surface area contributed by atoms with Crippen LogP contribution < -0.4 is 10.6 Å². The molecule has 4 heteroatoms. The molecule has 2 heterocycles. The largest absolute Gasteiger partial charge is 0.351 e. The van der Waals surface area contributed by atoms with Gasteiger partial charge in [0.25, 0.3) is 0 Å². The summed E-state index contributed by atoms with van der Waals surface area (Å²) < 4.78 is 0. The minimum absolute atomic E-state index is 0.229. The van der Waals surface area contributed by atoms with Crippen LogP contribution in [0.25, 0.3) is 5.70 Å². The highest BCUT2D eigenvalue weighted by atomic mass is 32.1. The normalized spacial score (nSPS) is 20.8. The van der Waals surface area contributed by atoms with Crippen LogP contribution in [0.15, 0.2) is 47.4 Å². The van der Waals surface area contributed by atoms with Gasteiger partial charge in [0.2, 0.25) is 0 Å². The van der Waals surface area contributed by atoms with E-state index < -0.39 is 0 Å². The van der Waals surface area contributed by atoms with E-state index in [0.717, 1.165) is 18.0 Å². The molecule has 2 N–H and O–H groups in total. The average molecular weight is 298 g/mol. The number of hydrogen-bond donors (Lipinski definition) is 2. The monoisotopic (exact) mass is 298 g/mol. The van der Waals surface area contributed by atoms with Crippen molar-refractivity contribution in [2.45, 2.75) is 18.9 Å². The molecule has 1 aliphatic heterocycles. The first kappa shape index (κ1) is 12.1. The van der Waals surface area contributed by atoms with Gasteiger partial charge in [-0.25, -0.2) is 0 Å². The maximum atomic E-state index is 5.40. The molecular weight excluding hydrogens is 284 g/mol. The Hall–Kier alpha value is -1.65. The number of nitrogens with one attached hydrogen (secondary N) is 2. The van der Waals surface area contributed by atoms with Crippen molar-refractivity contribution in [2.24, 2.45) is 0 Å². The Morgan fingerprint density at radius 2 is 2.00 bits per heavy atom. The van der Waals surface area contributed by atoms with E-state index in [0.29, 0.717) is 0 Å². The predicted molar refractivity (Wildman–Crippen MR) is 87.6 cm³/mol. The maximum Gasteiger partial charge on any atom is 0.171 e. The van der Waals surface area contributed by atoms with E-state index in [1.165, 1.54) is 27.3 Å². The summed E-state index contributed by atoms with van der Waals surface area (Å²) in [5, 5.41) is 9.64. The van der Waals surface area contributed by atoms with Gasteiger partial charge >= 0.3 is 0 Å². The zero-order valence-corrected chi connectivity index (χ0v) is 12.5. The Balaban J connectivity index is 1.87. The van der Waals surface area contributed by atoms with Crippen LogP contribution in [0.3, 0.4) is 0 Å². The molecule has 1 unspecified atom stereocenters. The van der Waals surface area contributed by atoms with Crippen molar-refractivity contribution in [3.63, 3.8) is 0 Å². The summed E-state index contributed by atoms with van der Waals surface area (Å²) in [6.45, 7) is 0. The van der Waals surface area contributed by atoms with Gasteiger partial charge in [0, 0.05) is 16.1 Å². The molecule has 0 bridgehead atoms. The van der Waals surface area contributed by atoms with Crippen molar-refractivity contribution < 1.29 is 0 Å². The molecule has 0 fully saturated rings. The van der Waals surface area contributed by atoms with Gasteiger partial charge in [-0.3, -0.25) is 0 Å². The van der Waals surface area contributed by atoms with Crippen LogP contribution in [0.1, 0.15) is 28.5 Å². The molecular formula is C16H14N2S2. The molecule has 0 spiro atoms. The van der Waals surface area contributed by atoms with Crippen molar-refractivity contribution in [1.82, 2.24) is 10.6 Å². The van der Waals surface area contributed by atoms with Crippen LogP contribution in [0.2, 0.25) is 0 Å². The van der Waals surface area contributed by atoms with E-state index in [-0.39, 0.29) is 6.04 Å². The van der Waals surface area contributed by atoms with Gasteiger partial charge in [0.15, 0.2) is 5.11 Å². The fourth-order valence-electron chi connectivity index (χ4n) is 3.05. The average Bonchev–Trinajstić information content (AvgIpc) is 3.00. The van der Waals surface area contributed by atoms with Crippen LogP contribution in [0.5, 0.6) is 0 Å². The van der Waals surface area contributed by atoms with Crippen LogP contribution in [0.4, 0.5) is 0 Å². The zero-order chi connectivity index (χ0) is 13.5. The first-order valence-corrected chi connectivity index (χ1v) is 8.04. The van der Waals surface area contributed by atoms with Crippen LogP contribution in [-0.4, -0.2) is 5.11 Å². The minimum Gasteiger partial charge on any atom is -0.351 e. The minimum atomic E-state index is 0.229. The Morgan fingerprint density at radius 3 is 2.85 bits per heavy atom. The summed E-state index contributed by atoms with van der Waals surface area (Å²) in [6.07, 6.45) is 2.19. The van der Waals surface area contributed by atoms with E-state index >= 15 is 0 Å². The molecule has 0 saturated carbocycles. The summed E-state index contributed by atoms with van der Waals surface area (Å²) in [7, 11) is 0. The highest BCUT2D eigenvalue weighted by molar-refractivity contribution is 7.80. The first-order valence-electron chi connectivity index (χ1n) is 6.75. The van der Waals surface area contributed by atoms with E-state index in [1.54, 1.807) is 11.3 Å². The van der Waals surface area contributed by atoms with Crippen LogP contribution in [-0.2, 0) is 6.42 Å². The van der Waals surface area contributed by atoms with Crippen molar-refractivity contribution in [1.29, 1.82) is 0 Å². The zero-order valence-electron chi connectivity index (χ0n) is 10.8. The molecule has 2 aromatic rings. The summed E-state index contributed by atoms with van der Waals surface area (Å²) in [4.78, 5) is 1.33. The predicted octanol–water partition coefficient (Wildman–Crippen LogP) is 3.62. The van der Waals surface area contributed by atoms with E-state index in [1.807, 2.05) is 0 Å². The molecule has 1 aliphatic carbocycles. The lowest BCUT2D eigenvalue weighted by atomic mass is 9.84. The molecule has 0 saturated heterocycles. The third-order valence-electron chi connectivity index (χ3n) is 3.96. The highest BCUT2D eigenvalue weighted by Gasteiger charge is 2.30. The van der Waals surface area contributed by atoms with Crippen molar-refractivity contribution >= 4 is 34.4 Å². The number of benzene rings is 1. The van der Waals surface area contributed by atoms with Gasteiger partial charge in [-0.15, -0.1) is 11.3 Å². The Bertz CT molecular complexity index is 701. The molecule has 0 amide bonds. The van der Waals surface area contributed by atoms with Gasteiger partial charge in [0.1, 0.15) is 0 Å². The van der Waals surface area contributed by atoms with Crippen molar-refractivity contribution in [3.05, 3.63) is 63.4 Å². The number of hydrogen-bond acceptors (Lipinski definition) is 2. The lowest BCUT2D eigenvalue weighted by molar-refractivity contribution is 0.677. The smallest absolute Gasteiger partial charge is 0.171 e. The van der Waals surface area contributed by atoms with Gasteiger partial charge in [-0.2, -0.15) is 0 Å². The second-order valence-corrected chi connectivity index (χ2v) is 6.49. The molecule has 1 atom stereocenters. The summed E-state index contributed by atoms with van der Waals surface area (Å²) in [5.74, 6) is 0. The summed E-state index contributed by atoms with van der Waals surface area (Å²) in [6, 6.07) is 13.1. The quantitative estimate of drug-likeness (QED) is 0.786. The van der Waals surface area contributed by atoms with Gasteiger partial charge in [-0.05, 0) is 47.6 Å². The summed E-state index contributed by atoms with van der Waals surface area (Å²) in [5.41, 5.74) is 5.36. The van der Waals surface area contributed by atoms with E-state index in [4.69, 9.17) is 12.2 Å². The lowest BCUT2D eigenvalue weighted by Crippen LogP contribution is -2.44. The standard InChI is InChI=1S/C16H14N2S2/c19-16-17-14-11-5-2-1-4-10(11)7-8-12(14)15(18-16)13-6-3-9-20-13/h1-6,9,15H,7-8H2,(H2,17,18,19). The van der Waals surface area contributed by atoms with Crippen LogP contribution in [0, 0.1) is 0 Å². The molecule has 1 aromatic carbocycles. The molecule has 100 valence electrons. The third-order valence-corrected chi connectivity index (χ3v) is 5.12. The fraction of sp³-hybridized carbons (Fsp3) is 0.188. The topological polar surface area (TPSA) is 24.1 Å². The highest BCUT2D eigenvalue weighted by Crippen LogP contribution is 2.39. The van der Waals surface area contributed by atoms with Gasteiger partial charge in [-0.1, -0.05) is 30.3 Å². The SMILES string of the molecule is S=C1NC2=C(CCc3ccccc32)C(c2cccs2)N1. The Kier molecular flexibility index (Phi) is 2.86. The van der Waals surface area contributed by atoms with Crippen LogP contribution >= 0.6 is 23.6 Å². The number of thiophene rings is 1. The molecule has 2 nitrogen and oxygen atoms in total.